The first kappa shape index (κ1) is 16.4. The maximum Gasteiger partial charge on any atom is 0.271 e. The van der Waals surface area contributed by atoms with E-state index in [1.165, 1.54) is 36.4 Å². The Hall–Kier alpha value is -2.94. The Balaban J connectivity index is 1.98. The van der Waals surface area contributed by atoms with Crippen LogP contribution in [0.1, 0.15) is 0 Å². The van der Waals surface area contributed by atoms with Gasteiger partial charge in [-0.3, -0.25) is 14.9 Å². The highest BCUT2D eigenvalue weighted by Gasteiger charge is 2.17. The SMILES string of the molecule is O=C(CNc1cccc([N+](=O)[O-])c1)NS(=O)(=O)c1ccccc1. The van der Waals surface area contributed by atoms with Crippen LogP contribution < -0.4 is 10.0 Å². The third-order valence-corrected chi connectivity index (χ3v) is 4.20. The number of rotatable bonds is 6. The second-order valence-electron chi connectivity index (χ2n) is 4.50. The molecule has 0 heterocycles. The zero-order chi connectivity index (χ0) is 16.9. The lowest BCUT2D eigenvalue weighted by atomic mass is 10.3. The monoisotopic (exact) mass is 335 g/mol. The molecular formula is C14H13N3O5S. The molecule has 0 saturated carbocycles. The zero-order valence-electron chi connectivity index (χ0n) is 11.8. The zero-order valence-corrected chi connectivity index (χ0v) is 12.6. The van der Waals surface area contributed by atoms with Crippen molar-refractivity contribution in [3.05, 3.63) is 64.7 Å². The first-order valence-corrected chi connectivity index (χ1v) is 7.96. The lowest BCUT2D eigenvalue weighted by Gasteiger charge is -2.08. The summed E-state index contributed by atoms with van der Waals surface area (Å²) in [6.45, 7) is -0.340. The Morgan fingerprint density at radius 2 is 1.78 bits per heavy atom. The lowest BCUT2D eigenvalue weighted by Crippen LogP contribution is -2.35. The fourth-order valence-corrected chi connectivity index (χ4v) is 2.76. The molecule has 0 aliphatic rings. The van der Waals surface area contributed by atoms with Gasteiger partial charge in [-0.1, -0.05) is 24.3 Å². The van der Waals surface area contributed by atoms with Crippen LogP contribution in [0, 0.1) is 10.1 Å². The Kier molecular flexibility index (Phi) is 4.91. The van der Waals surface area contributed by atoms with E-state index in [0.29, 0.717) is 5.69 Å². The van der Waals surface area contributed by atoms with Crippen molar-refractivity contribution in [2.24, 2.45) is 0 Å². The van der Waals surface area contributed by atoms with Crippen molar-refractivity contribution in [2.45, 2.75) is 4.90 Å². The molecule has 2 aromatic carbocycles. The molecular weight excluding hydrogens is 322 g/mol. The quantitative estimate of drug-likeness (QED) is 0.610. The molecule has 0 bridgehead atoms. The second-order valence-corrected chi connectivity index (χ2v) is 6.19. The number of hydrogen-bond acceptors (Lipinski definition) is 6. The van der Waals surface area contributed by atoms with Crippen molar-refractivity contribution in [1.29, 1.82) is 0 Å². The van der Waals surface area contributed by atoms with Crippen molar-refractivity contribution in [2.75, 3.05) is 11.9 Å². The number of non-ortho nitro benzene ring substituents is 1. The van der Waals surface area contributed by atoms with Crippen LogP contribution in [0.4, 0.5) is 11.4 Å². The topological polar surface area (TPSA) is 118 Å². The molecule has 0 spiro atoms. The van der Waals surface area contributed by atoms with Gasteiger partial charge >= 0.3 is 0 Å². The number of hydrogen-bond donors (Lipinski definition) is 2. The number of nitrogens with zero attached hydrogens (tertiary/aromatic N) is 1. The van der Waals surface area contributed by atoms with Gasteiger partial charge in [0.25, 0.3) is 21.6 Å². The largest absolute Gasteiger partial charge is 0.376 e. The molecule has 0 aliphatic carbocycles. The normalized spacial score (nSPS) is 10.8. The molecule has 0 atom stereocenters. The van der Waals surface area contributed by atoms with Gasteiger partial charge in [0.2, 0.25) is 0 Å². The number of carbonyl (C=O) groups excluding carboxylic acids is 1. The van der Waals surface area contributed by atoms with Gasteiger partial charge in [-0.2, -0.15) is 0 Å². The number of carbonyl (C=O) groups is 1. The predicted molar refractivity (Wildman–Crippen MR) is 83.4 cm³/mol. The molecule has 8 nitrogen and oxygen atoms in total. The molecule has 9 heteroatoms. The molecule has 2 aromatic rings. The lowest BCUT2D eigenvalue weighted by molar-refractivity contribution is -0.384. The Morgan fingerprint density at radius 3 is 2.43 bits per heavy atom. The van der Waals surface area contributed by atoms with Gasteiger partial charge in [-0.05, 0) is 18.2 Å². The average molecular weight is 335 g/mol. The van der Waals surface area contributed by atoms with Gasteiger partial charge in [-0.15, -0.1) is 0 Å². The molecule has 0 fully saturated rings. The van der Waals surface area contributed by atoms with Crippen LogP contribution in [-0.2, 0) is 14.8 Å². The minimum Gasteiger partial charge on any atom is -0.376 e. The third kappa shape index (κ3) is 4.51. The second kappa shape index (κ2) is 6.88. The van der Waals surface area contributed by atoms with Gasteiger partial charge in [0, 0.05) is 17.8 Å². The molecule has 2 N–H and O–H groups in total. The summed E-state index contributed by atoms with van der Waals surface area (Å²) in [5, 5.41) is 13.3. The number of anilines is 1. The molecule has 0 radical (unpaired) electrons. The van der Waals surface area contributed by atoms with Crippen LogP contribution in [0.5, 0.6) is 0 Å². The minimum absolute atomic E-state index is 0.0244. The number of sulfonamides is 1. The van der Waals surface area contributed by atoms with Crippen LogP contribution >= 0.6 is 0 Å². The Bertz CT molecular complexity index is 821. The smallest absolute Gasteiger partial charge is 0.271 e. The summed E-state index contributed by atoms with van der Waals surface area (Å²) >= 11 is 0. The summed E-state index contributed by atoms with van der Waals surface area (Å²) in [5.41, 5.74) is 0.207. The number of nitrogens with one attached hydrogen (secondary N) is 2. The van der Waals surface area contributed by atoms with E-state index >= 15 is 0 Å². The van der Waals surface area contributed by atoms with E-state index in [9.17, 15) is 23.3 Å². The van der Waals surface area contributed by atoms with Crippen LogP contribution in [0.2, 0.25) is 0 Å². The molecule has 23 heavy (non-hydrogen) atoms. The number of amides is 1. The van der Waals surface area contributed by atoms with Crippen molar-refractivity contribution >= 4 is 27.3 Å². The summed E-state index contributed by atoms with van der Waals surface area (Å²) in [7, 11) is -3.93. The van der Waals surface area contributed by atoms with Gasteiger partial charge < -0.3 is 5.32 Å². The molecule has 0 saturated heterocycles. The molecule has 120 valence electrons. The first-order chi connectivity index (χ1) is 10.9. The molecule has 0 unspecified atom stereocenters. The van der Waals surface area contributed by atoms with E-state index in [0.717, 1.165) is 0 Å². The molecule has 0 aromatic heterocycles. The fraction of sp³-hybridized carbons (Fsp3) is 0.0714. The van der Waals surface area contributed by atoms with Gasteiger partial charge in [0.05, 0.1) is 16.4 Å². The summed E-state index contributed by atoms with van der Waals surface area (Å²) in [4.78, 5) is 21.8. The highest BCUT2D eigenvalue weighted by atomic mass is 32.2. The molecule has 1 amide bonds. The summed E-state index contributed by atoms with van der Waals surface area (Å²) in [6.07, 6.45) is 0. The summed E-state index contributed by atoms with van der Waals surface area (Å²) < 4.78 is 25.8. The highest BCUT2D eigenvalue weighted by molar-refractivity contribution is 7.90. The van der Waals surface area contributed by atoms with Crippen molar-refractivity contribution in [3.8, 4) is 0 Å². The van der Waals surface area contributed by atoms with E-state index in [4.69, 9.17) is 0 Å². The van der Waals surface area contributed by atoms with E-state index in [-0.39, 0.29) is 17.1 Å². The van der Waals surface area contributed by atoms with E-state index < -0.39 is 20.9 Å². The molecule has 0 aliphatic heterocycles. The van der Waals surface area contributed by atoms with Crippen LogP contribution in [0.25, 0.3) is 0 Å². The van der Waals surface area contributed by atoms with Gasteiger partial charge in [0.1, 0.15) is 0 Å². The number of nitro benzene ring substituents is 1. The Labute approximate surface area is 132 Å². The van der Waals surface area contributed by atoms with E-state index in [1.807, 2.05) is 4.72 Å². The first-order valence-electron chi connectivity index (χ1n) is 6.47. The van der Waals surface area contributed by atoms with Crippen molar-refractivity contribution in [1.82, 2.24) is 4.72 Å². The van der Waals surface area contributed by atoms with Crippen LogP contribution in [0.3, 0.4) is 0 Å². The minimum atomic E-state index is -3.93. The average Bonchev–Trinajstić information content (AvgIpc) is 2.53. The maximum absolute atomic E-state index is 11.9. The van der Waals surface area contributed by atoms with Crippen LogP contribution in [0.15, 0.2) is 59.5 Å². The number of benzene rings is 2. The van der Waals surface area contributed by atoms with Crippen molar-refractivity contribution in [3.63, 3.8) is 0 Å². The van der Waals surface area contributed by atoms with E-state index in [1.54, 1.807) is 18.2 Å². The van der Waals surface area contributed by atoms with Gasteiger partial charge in [-0.25, -0.2) is 13.1 Å². The molecule has 2 rings (SSSR count). The highest BCUT2D eigenvalue weighted by Crippen LogP contribution is 2.16. The summed E-state index contributed by atoms with van der Waals surface area (Å²) in [6, 6.07) is 13.0. The summed E-state index contributed by atoms with van der Waals surface area (Å²) in [5.74, 6) is -0.777. The third-order valence-electron chi connectivity index (χ3n) is 2.81. The van der Waals surface area contributed by atoms with E-state index in [2.05, 4.69) is 5.32 Å². The van der Waals surface area contributed by atoms with Crippen molar-refractivity contribution < 1.29 is 18.1 Å². The van der Waals surface area contributed by atoms with Gasteiger partial charge in [0.15, 0.2) is 0 Å². The standard InChI is InChI=1S/C14H13N3O5S/c18-14(16-23(21,22)13-7-2-1-3-8-13)10-15-11-5-4-6-12(9-11)17(19)20/h1-9,15H,10H2,(H,16,18). The number of nitro groups is 1. The fourth-order valence-electron chi connectivity index (χ4n) is 1.76. The van der Waals surface area contributed by atoms with Crippen LogP contribution in [-0.4, -0.2) is 25.8 Å². The Morgan fingerprint density at radius 1 is 1.09 bits per heavy atom. The maximum atomic E-state index is 11.9. The predicted octanol–water partition coefficient (Wildman–Crippen LogP) is 1.51.